The molecule has 2 amide bonds. The molecule has 1 aromatic heterocycles. The number of carbonyl (C=O) groups is 2. The van der Waals surface area contributed by atoms with Gasteiger partial charge in [0.05, 0.1) is 11.8 Å². The minimum absolute atomic E-state index is 0.0253. The van der Waals surface area contributed by atoms with E-state index in [1.807, 2.05) is 0 Å². The maximum atomic E-state index is 11.7. The Morgan fingerprint density at radius 3 is 2.76 bits per heavy atom. The molecule has 0 aromatic carbocycles. The van der Waals surface area contributed by atoms with Gasteiger partial charge < -0.3 is 15.1 Å². The lowest BCUT2D eigenvalue weighted by Gasteiger charge is -2.13. The van der Waals surface area contributed by atoms with Gasteiger partial charge in [0, 0.05) is 6.04 Å². The van der Waals surface area contributed by atoms with Gasteiger partial charge in [-0.1, -0.05) is 0 Å². The van der Waals surface area contributed by atoms with Crippen LogP contribution in [0.2, 0.25) is 5.22 Å². The minimum atomic E-state index is -0.589. The molecule has 1 aromatic rings. The fourth-order valence-corrected chi connectivity index (χ4v) is 1.55. The number of furan rings is 1. The highest BCUT2D eigenvalue weighted by Gasteiger charge is 2.26. The van der Waals surface area contributed by atoms with Crippen molar-refractivity contribution in [3.05, 3.63) is 23.1 Å². The zero-order valence-electron chi connectivity index (χ0n) is 9.33. The quantitative estimate of drug-likeness (QED) is 0.854. The molecule has 0 radical (unpaired) electrons. The molecule has 92 valence electrons. The largest absolute Gasteiger partial charge is 0.452 e. The summed E-state index contributed by atoms with van der Waals surface area (Å²) in [7, 11) is 0. The fraction of sp³-hybridized carbons (Fsp3) is 0.455. The molecule has 5 nitrogen and oxygen atoms in total. The lowest BCUT2D eigenvalue weighted by molar-refractivity contribution is -0.122. The van der Waals surface area contributed by atoms with Gasteiger partial charge in [0.1, 0.15) is 6.04 Å². The third kappa shape index (κ3) is 3.00. The van der Waals surface area contributed by atoms with Crippen molar-refractivity contribution in [3.8, 4) is 0 Å². The van der Waals surface area contributed by atoms with Crippen LogP contribution in [-0.4, -0.2) is 23.9 Å². The van der Waals surface area contributed by atoms with Crippen LogP contribution in [0, 0.1) is 0 Å². The van der Waals surface area contributed by atoms with Crippen molar-refractivity contribution < 1.29 is 14.0 Å². The summed E-state index contributed by atoms with van der Waals surface area (Å²) in [5.41, 5.74) is 0.234. The molecule has 1 aliphatic rings. The molecule has 2 N–H and O–H groups in total. The molecule has 1 aliphatic carbocycles. The van der Waals surface area contributed by atoms with E-state index in [0.29, 0.717) is 0 Å². The van der Waals surface area contributed by atoms with Crippen molar-refractivity contribution in [1.82, 2.24) is 10.6 Å². The third-order valence-electron chi connectivity index (χ3n) is 2.53. The van der Waals surface area contributed by atoms with E-state index >= 15 is 0 Å². The third-order valence-corrected chi connectivity index (χ3v) is 2.82. The average molecular weight is 257 g/mol. The molecule has 1 unspecified atom stereocenters. The predicted molar refractivity (Wildman–Crippen MR) is 61.8 cm³/mol. The summed E-state index contributed by atoms with van der Waals surface area (Å²) in [6.45, 7) is 1.63. The molecule has 1 atom stereocenters. The molecule has 1 saturated carbocycles. The van der Waals surface area contributed by atoms with Crippen molar-refractivity contribution in [2.45, 2.75) is 31.8 Å². The fourth-order valence-electron chi connectivity index (χ4n) is 1.35. The molecule has 0 aliphatic heterocycles. The molecular formula is C11H13ClN2O3. The van der Waals surface area contributed by atoms with Crippen molar-refractivity contribution in [2.75, 3.05) is 0 Å². The first-order valence-electron chi connectivity index (χ1n) is 5.42. The summed E-state index contributed by atoms with van der Waals surface area (Å²) in [4.78, 5) is 23.3. The van der Waals surface area contributed by atoms with Crippen LogP contribution in [0.1, 0.15) is 30.1 Å². The Bertz CT molecular complexity index is 440. The topological polar surface area (TPSA) is 71.3 Å². The second kappa shape index (κ2) is 4.79. The Labute approximate surface area is 104 Å². The number of nitrogens with one attached hydrogen (secondary N) is 2. The lowest BCUT2D eigenvalue weighted by Crippen LogP contribution is -2.45. The molecule has 1 fully saturated rings. The Hall–Kier alpha value is -1.49. The maximum Gasteiger partial charge on any atom is 0.256 e. The number of halogens is 1. The molecule has 2 rings (SSSR count). The Balaban J connectivity index is 1.89. The van der Waals surface area contributed by atoms with Crippen molar-refractivity contribution >= 4 is 23.4 Å². The number of hydrogen-bond acceptors (Lipinski definition) is 3. The molecule has 0 spiro atoms. The van der Waals surface area contributed by atoms with E-state index in [9.17, 15) is 9.59 Å². The summed E-state index contributed by atoms with van der Waals surface area (Å²) < 4.78 is 4.81. The number of hydrogen-bond donors (Lipinski definition) is 2. The van der Waals surface area contributed by atoms with Gasteiger partial charge in [0.2, 0.25) is 11.1 Å². The highest BCUT2D eigenvalue weighted by molar-refractivity contribution is 6.32. The molecule has 0 bridgehead atoms. The Kier molecular flexibility index (Phi) is 3.38. The van der Waals surface area contributed by atoms with Gasteiger partial charge in [0.15, 0.2) is 0 Å². The SMILES string of the molecule is CC(NC(=O)c1ccoc1Cl)C(=O)NC1CC1. The van der Waals surface area contributed by atoms with E-state index in [4.69, 9.17) is 16.0 Å². The summed E-state index contributed by atoms with van der Waals surface area (Å²) in [6, 6.07) is 1.15. The van der Waals surface area contributed by atoms with Crippen LogP contribution in [0.5, 0.6) is 0 Å². The summed E-state index contributed by atoms with van der Waals surface area (Å²) in [5, 5.41) is 5.39. The Morgan fingerprint density at radius 1 is 1.53 bits per heavy atom. The lowest BCUT2D eigenvalue weighted by atomic mass is 10.2. The predicted octanol–water partition coefficient (Wildman–Crippen LogP) is 1.33. The zero-order valence-corrected chi connectivity index (χ0v) is 10.1. The smallest absolute Gasteiger partial charge is 0.256 e. The van der Waals surface area contributed by atoms with Crippen molar-refractivity contribution in [1.29, 1.82) is 0 Å². The highest BCUT2D eigenvalue weighted by atomic mass is 35.5. The monoisotopic (exact) mass is 256 g/mol. The number of amides is 2. The summed E-state index contributed by atoms with van der Waals surface area (Å²) in [6.07, 6.45) is 3.35. The van der Waals surface area contributed by atoms with E-state index in [0.717, 1.165) is 12.8 Å². The van der Waals surface area contributed by atoms with E-state index in [2.05, 4.69) is 10.6 Å². The zero-order chi connectivity index (χ0) is 12.4. The molecular weight excluding hydrogens is 244 g/mol. The second-order valence-electron chi connectivity index (χ2n) is 4.09. The van der Waals surface area contributed by atoms with Gasteiger partial charge >= 0.3 is 0 Å². The van der Waals surface area contributed by atoms with Crippen LogP contribution in [0.4, 0.5) is 0 Å². The van der Waals surface area contributed by atoms with Crippen molar-refractivity contribution in [2.24, 2.45) is 0 Å². The summed E-state index contributed by atoms with van der Waals surface area (Å²) in [5.74, 6) is -0.595. The maximum absolute atomic E-state index is 11.7. The molecule has 6 heteroatoms. The molecule has 1 heterocycles. The van der Waals surface area contributed by atoms with Gasteiger partial charge in [-0.3, -0.25) is 9.59 Å². The van der Waals surface area contributed by atoms with Gasteiger partial charge in [-0.15, -0.1) is 0 Å². The standard InChI is InChI=1S/C11H13ClN2O3/c1-6(10(15)14-7-2-3-7)13-11(16)8-4-5-17-9(8)12/h4-7H,2-3H2,1H3,(H,13,16)(H,14,15). The van der Waals surface area contributed by atoms with E-state index < -0.39 is 11.9 Å². The number of carbonyl (C=O) groups excluding carboxylic acids is 2. The Morgan fingerprint density at radius 2 is 2.24 bits per heavy atom. The van der Waals surface area contributed by atoms with Crippen molar-refractivity contribution in [3.63, 3.8) is 0 Å². The first kappa shape index (κ1) is 12.0. The van der Waals surface area contributed by atoms with E-state index in [1.54, 1.807) is 6.92 Å². The van der Waals surface area contributed by atoms with Crippen LogP contribution < -0.4 is 10.6 Å². The van der Waals surface area contributed by atoms with Gasteiger partial charge in [-0.25, -0.2) is 0 Å². The van der Waals surface area contributed by atoms with Gasteiger partial charge in [-0.2, -0.15) is 0 Å². The van der Waals surface area contributed by atoms with Crippen LogP contribution in [-0.2, 0) is 4.79 Å². The molecule has 0 saturated heterocycles. The van der Waals surface area contributed by atoms with Gasteiger partial charge in [0.25, 0.3) is 5.91 Å². The van der Waals surface area contributed by atoms with Crippen LogP contribution in [0.3, 0.4) is 0 Å². The first-order valence-corrected chi connectivity index (χ1v) is 5.80. The van der Waals surface area contributed by atoms with Crippen LogP contribution in [0.25, 0.3) is 0 Å². The van der Waals surface area contributed by atoms with Gasteiger partial charge in [-0.05, 0) is 37.4 Å². The summed E-state index contributed by atoms with van der Waals surface area (Å²) >= 11 is 5.66. The normalized spacial score (nSPS) is 16.4. The van der Waals surface area contributed by atoms with E-state index in [-0.39, 0.29) is 22.7 Å². The first-order chi connectivity index (χ1) is 8.08. The van der Waals surface area contributed by atoms with Crippen LogP contribution >= 0.6 is 11.6 Å². The highest BCUT2D eigenvalue weighted by Crippen LogP contribution is 2.19. The van der Waals surface area contributed by atoms with Crippen LogP contribution in [0.15, 0.2) is 16.7 Å². The minimum Gasteiger partial charge on any atom is -0.452 e. The molecule has 17 heavy (non-hydrogen) atoms. The van der Waals surface area contributed by atoms with E-state index in [1.165, 1.54) is 12.3 Å². The number of rotatable bonds is 4. The second-order valence-corrected chi connectivity index (χ2v) is 4.43. The average Bonchev–Trinajstić information content (AvgIpc) is 2.98.